The Hall–Kier alpha value is -0.550. The van der Waals surface area contributed by atoms with E-state index in [9.17, 15) is 4.79 Å². The molecule has 7 heteroatoms. The molecule has 1 heterocycles. The van der Waals surface area contributed by atoms with E-state index in [0.29, 0.717) is 30.4 Å². The van der Waals surface area contributed by atoms with E-state index in [0.717, 1.165) is 5.01 Å². The van der Waals surface area contributed by atoms with Crippen molar-refractivity contribution in [2.45, 2.75) is 0 Å². The summed E-state index contributed by atoms with van der Waals surface area (Å²) in [6.07, 6.45) is 3.16. The van der Waals surface area contributed by atoms with Crippen LogP contribution in [0.1, 0.15) is 10.4 Å². The first kappa shape index (κ1) is 16.4. The van der Waals surface area contributed by atoms with Gasteiger partial charge in [-0.2, -0.15) is 5.43 Å². The lowest BCUT2D eigenvalue weighted by molar-refractivity contribution is -0.931. The monoisotopic (exact) mass is 297 g/mol. The van der Waals surface area contributed by atoms with Crippen molar-refractivity contribution in [1.29, 1.82) is 0 Å². The predicted octanol–water partition coefficient (Wildman–Crippen LogP) is -2.91. The number of carbonyl (C=O) groups excluding carboxylic acids is 1. The molecule has 0 unspecified atom stereocenters. The molecule has 1 amide bonds. The summed E-state index contributed by atoms with van der Waals surface area (Å²) in [7, 11) is 0. The van der Waals surface area contributed by atoms with Crippen LogP contribution in [-0.4, -0.2) is 35.7 Å². The second kappa shape index (κ2) is 9.48. The molecule has 0 aliphatic heterocycles. The number of rotatable bonds is 6. The topological polar surface area (TPSA) is 46.4 Å². The third-order valence-corrected chi connectivity index (χ3v) is 2.40. The van der Waals surface area contributed by atoms with E-state index >= 15 is 0 Å². The average Bonchev–Trinajstić information content (AvgIpc) is 2.31. The van der Waals surface area contributed by atoms with E-state index in [4.69, 9.17) is 23.2 Å². The van der Waals surface area contributed by atoms with Gasteiger partial charge in [0.25, 0.3) is 5.91 Å². The highest BCUT2D eigenvalue weighted by Crippen LogP contribution is 1.93. The molecule has 96 valence electrons. The number of hydrogen-bond donors (Lipinski definition) is 2. The second-order valence-corrected chi connectivity index (χ2v) is 3.93. The molecular weight excluding hydrogens is 284 g/mol. The Labute approximate surface area is 117 Å². The molecule has 1 rings (SSSR count). The fraction of sp³-hybridized carbons (Fsp3) is 0.400. The van der Waals surface area contributed by atoms with E-state index in [1.165, 1.54) is 0 Å². The van der Waals surface area contributed by atoms with Crippen molar-refractivity contribution < 1.29 is 22.2 Å². The van der Waals surface area contributed by atoms with Gasteiger partial charge in [0.15, 0.2) is 0 Å². The van der Waals surface area contributed by atoms with Gasteiger partial charge in [-0.05, 0) is 12.1 Å². The predicted molar refractivity (Wildman–Crippen MR) is 63.8 cm³/mol. The SMILES string of the molecule is O=C(N[NH+](CCCl)CCCl)c1ccncc1.[Cl-]. The molecule has 0 atom stereocenters. The van der Waals surface area contributed by atoms with E-state index in [-0.39, 0.29) is 18.3 Å². The minimum absolute atomic E-state index is 0. The van der Waals surface area contributed by atoms with Crippen molar-refractivity contribution in [3.8, 4) is 0 Å². The highest BCUT2D eigenvalue weighted by Gasteiger charge is 2.13. The minimum Gasteiger partial charge on any atom is -1.00 e. The van der Waals surface area contributed by atoms with Gasteiger partial charge in [-0.1, -0.05) is 0 Å². The summed E-state index contributed by atoms with van der Waals surface area (Å²) in [6, 6.07) is 3.32. The molecule has 1 aromatic rings. The van der Waals surface area contributed by atoms with Crippen LogP contribution in [0.2, 0.25) is 0 Å². The molecule has 0 saturated heterocycles. The van der Waals surface area contributed by atoms with Crippen molar-refractivity contribution in [2.24, 2.45) is 0 Å². The molecule has 0 aliphatic carbocycles. The van der Waals surface area contributed by atoms with Crippen molar-refractivity contribution in [2.75, 3.05) is 24.8 Å². The molecule has 0 radical (unpaired) electrons. The summed E-state index contributed by atoms with van der Waals surface area (Å²) in [6.45, 7) is 1.29. The van der Waals surface area contributed by atoms with Crippen LogP contribution in [0.3, 0.4) is 0 Å². The zero-order valence-corrected chi connectivity index (χ0v) is 11.4. The van der Waals surface area contributed by atoms with Crippen LogP contribution in [0.4, 0.5) is 0 Å². The highest BCUT2D eigenvalue weighted by molar-refractivity contribution is 6.18. The van der Waals surface area contributed by atoms with Gasteiger partial charge in [0.1, 0.15) is 13.1 Å². The van der Waals surface area contributed by atoms with Gasteiger partial charge < -0.3 is 12.4 Å². The summed E-state index contributed by atoms with van der Waals surface area (Å²) in [5.74, 6) is 0.804. The molecule has 4 nitrogen and oxygen atoms in total. The third-order valence-electron chi connectivity index (χ3n) is 2.03. The number of amides is 1. The van der Waals surface area contributed by atoms with Crippen molar-refractivity contribution in [3.63, 3.8) is 0 Å². The van der Waals surface area contributed by atoms with E-state index < -0.39 is 0 Å². The van der Waals surface area contributed by atoms with Crippen molar-refractivity contribution >= 4 is 29.1 Å². The first-order valence-corrected chi connectivity index (χ1v) is 6.03. The number of hydrogen-bond acceptors (Lipinski definition) is 2. The summed E-state index contributed by atoms with van der Waals surface area (Å²) in [5, 5.41) is 0.867. The lowest BCUT2D eigenvalue weighted by Gasteiger charge is -2.17. The molecule has 0 bridgehead atoms. The second-order valence-electron chi connectivity index (χ2n) is 3.17. The summed E-state index contributed by atoms with van der Waals surface area (Å²) < 4.78 is 0. The Balaban J connectivity index is 0.00000256. The molecule has 2 N–H and O–H groups in total. The molecule has 17 heavy (non-hydrogen) atoms. The van der Waals surface area contributed by atoms with E-state index in [1.807, 2.05) is 0 Å². The normalized spacial score (nSPS) is 9.82. The number of quaternary nitrogens is 1. The number of alkyl halides is 2. The van der Waals surface area contributed by atoms with Crippen molar-refractivity contribution in [3.05, 3.63) is 30.1 Å². The van der Waals surface area contributed by atoms with Gasteiger partial charge in [-0.25, -0.2) is 5.01 Å². The molecular formula is C10H14Cl3N3O. The number of halogens is 3. The molecule has 0 spiro atoms. The summed E-state index contributed by atoms with van der Waals surface area (Å²) >= 11 is 11.3. The first-order chi connectivity index (χ1) is 7.77. The maximum absolute atomic E-state index is 11.8. The van der Waals surface area contributed by atoms with Gasteiger partial charge in [-0.3, -0.25) is 9.78 Å². The molecule has 0 saturated carbocycles. The smallest absolute Gasteiger partial charge is 0.296 e. The Morgan fingerprint density at radius 2 is 1.76 bits per heavy atom. The Bertz CT molecular complexity index is 318. The van der Waals surface area contributed by atoms with Gasteiger partial charge in [0.2, 0.25) is 0 Å². The molecule has 0 aliphatic rings. The fourth-order valence-corrected chi connectivity index (χ4v) is 1.67. The summed E-state index contributed by atoms with van der Waals surface area (Å²) in [4.78, 5) is 15.6. The van der Waals surface area contributed by atoms with Gasteiger partial charge in [-0.15, -0.1) is 23.2 Å². The number of carbonyl (C=O) groups is 1. The fourth-order valence-electron chi connectivity index (χ4n) is 1.21. The Morgan fingerprint density at radius 1 is 1.24 bits per heavy atom. The standard InChI is InChI=1S/C10H13Cl2N3O.ClH/c11-3-7-15(8-4-12)14-10(16)9-1-5-13-6-2-9;/h1-2,5-6H,3-4,7-8H2,(H,14,16);1H. The third kappa shape index (κ3) is 6.07. The summed E-state index contributed by atoms with van der Waals surface area (Å²) in [5.41, 5.74) is 3.40. The molecule has 1 aromatic heterocycles. The van der Waals surface area contributed by atoms with Crippen LogP contribution in [0.25, 0.3) is 0 Å². The molecule has 0 aromatic carbocycles. The van der Waals surface area contributed by atoms with Gasteiger partial charge in [0.05, 0.1) is 11.8 Å². The number of pyridine rings is 1. The number of nitrogens with one attached hydrogen (secondary N) is 2. The maximum Gasteiger partial charge on any atom is 0.296 e. The van der Waals surface area contributed by atoms with Crippen LogP contribution < -0.4 is 22.8 Å². The quantitative estimate of drug-likeness (QED) is 0.437. The lowest BCUT2D eigenvalue weighted by atomic mass is 10.2. The van der Waals surface area contributed by atoms with Crippen LogP contribution in [-0.2, 0) is 0 Å². The zero-order chi connectivity index (χ0) is 11.8. The van der Waals surface area contributed by atoms with Gasteiger partial charge >= 0.3 is 0 Å². The maximum atomic E-state index is 11.8. The largest absolute Gasteiger partial charge is 1.00 e. The van der Waals surface area contributed by atoms with E-state index in [2.05, 4.69) is 10.4 Å². The van der Waals surface area contributed by atoms with Crippen LogP contribution in [0.5, 0.6) is 0 Å². The Morgan fingerprint density at radius 3 is 2.24 bits per heavy atom. The first-order valence-electron chi connectivity index (χ1n) is 4.96. The van der Waals surface area contributed by atoms with Crippen molar-refractivity contribution in [1.82, 2.24) is 10.4 Å². The zero-order valence-electron chi connectivity index (χ0n) is 9.13. The minimum atomic E-state index is -0.146. The van der Waals surface area contributed by atoms with E-state index in [1.54, 1.807) is 24.5 Å². The average molecular weight is 299 g/mol. The van der Waals surface area contributed by atoms with Crippen LogP contribution in [0.15, 0.2) is 24.5 Å². The molecule has 0 fully saturated rings. The van der Waals surface area contributed by atoms with Gasteiger partial charge in [0, 0.05) is 18.0 Å². The highest BCUT2D eigenvalue weighted by atomic mass is 35.5. The van der Waals surface area contributed by atoms with Crippen LogP contribution >= 0.6 is 23.2 Å². The number of aromatic nitrogens is 1. The number of nitrogens with zero attached hydrogens (tertiary/aromatic N) is 1. The Kier molecular flexibility index (Phi) is 9.17. The van der Waals surface area contributed by atoms with Crippen LogP contribution in [0, 0.1) is 0 Å². The lowest BCUT2D eigenvalue weighted by Crippen LogP contribution is -3.19.